The van der Waals surface area contributed by atoms with Gasteiger partial charge in [0.1, 0.15) is 12.1 Å². The number of methoxy groups -OCH3 is 1. The molecule has 20 heavy (non-hydrogen) atoms. The van der Waals surface area contributed by atoms with Gasteiger partial charge >= 0.3 is 0 Å². The zero-order valence-electron chi connectivity index (χ0n) is 11.8. The van der Waals surface area contributed by atoms with E-state index in [1.807, 2.05) is 12.1 Å². The number of rotatable bonds is 6. The summed E-state index contributed by atoms with van der Waals surface area (Å²) >= 11 is 0. The molecule has 0 atom stereocenters. The Hall–Kier alpha value is -2.23. The summed E-state index contributed by atoms with van der Waals surface area (Å²) in [6, 6.07) is 9.84. The number of ketones is 1. The van der Waals surface area contributed by atoms with Crippen LogP contribution in [0.25, 0.3) is 0 Å². The highest BCUT2D eigenvalue weighted by Crippen LogP contribution is 2.11. The number of benzene rings is 1. The Morgan fingerprint density at radius 1 is 1.25 bits per heavy atom. The molecule has 0 radical (unpaired) electrons. The molecule has 4 heteroatoms. The fourth-order valence-corrected chi connectivity index (χ4v) is 2.04. The van der Waals surface area contributed by atoms with Crippen LogP contribution in [0.4, 0.5) is 0 Å². The molecule has 0 saturated carbocycles. The molecule has 0 fully saturated rings. The number of hydrogen-bond acceptors (Lipinski definition) is 4. The molecular formula is C16H18N2O2. The second-order valence-electron chi connectivity index (χ2n) is 4.69. The first-order chi connectivity index (χ1) is 9.69. The van der Waals surface area contributed by atoms with Crippen molar-refractivity contribution in [2.24, 2.45) is 0 Å². The van der Waals surface area contributed by atoms with Gasteiger partial charge in [-0.2, -0.15) is 0 Å². The van der Waals surface area contributed by atoms with Gasteiger partial charge in [0.15, 0.2) is 0 Å². The number of Topliss-reactive ketones (excluding diaryl/α,β-unsaturated/α-hetero) is 1. The van der Waals surface area contributed by atoms with Crippen LogP contribution in [0.2, 0.25) is 0 Å². The van der Waals surface area contributed by atoms with Gasteiger partial charge in [0.2, 0.25) is 5.88 Å². The summed E-state index contributed by atoms with van der Waals surface area (Å²) < 4.78 is 5.02. The maximum Gasteiger partial charge on any atom is 0.216 e. The smallest absolute Gasteiger partial charge is 0.216 e. The van der Waals surface area contributed by atoms with Crippen LogP contribution in [0, 0.1) is 6.92 Å². The Morgan fingerprint density at radius 3 is 2.80 bits per heavy atom. The van der Waals surface area contributed by atoms with Crippen LogP contribution < -0.4 is 4.74 Å². The first kappa shape index (κ1) is 14.2. The minimum Gasteiger partial charge on any atom is -0.481 e. The molecular weight excluding hydrogens is 252 g/mol. The van der Waals surface area contributed by atoms with E-state index >= 15 is 0 Å². The number of aromatic nitrogens is 2. The van der Waals surface area contributed by atoms with Crippen molar-refractivity contribution < 1.29 is 9.53 Å². The van der Waals surface area contributed by atoms with Gasteiger partial charge in [-0.15, -0.1) is 0 Å². The lowest BCUT2D eigenvalue weighted by molar-refractivity contribution is -0.118. The van der Waals surface area contributed by atoms with E-state index in [0.717, 1.165) is 6.42 Å². The Morgan fingerprint density at radius 2 is 2.05 bits per heavy atom. The van der Waals surface area contributed by atoms with Gasteiger partial charge in [-0.1, -0.05) is 24.3 Å². The van der Waals surface area contributed by atoms with Crippen molar-refractivity contribution in [3.8, 4) is 5.88 Å². The zero-order valence-corrected chi connectivity index (χ0v) is 11.8. The van der Waals surface area contributed by atoms with Crippen molar-refractivity contribution in [1.29, 1.82) is 0 Å². The van der Waals surface area contributed by atoms with Crippen molar-refractivity contribution in [1.82, 2.24) is 9.97 Å². The molecule has 0 saturated heterocycles. The number of carbonyl (C=O) groups is 1. The third-order valence-corrected chi connectivity index (χ3v) is 3.22. The first-order valence-corrected chi connectivity index (χ1v) is 6.60. The largest absolute Gasteiger partial charge is 0.481 e. The highest BCUT2D eigenvalue weighted by molar-refractivity contribution is 5.80. The van der Waals surface area contributed by atoms with E-state index < -0.39 is 0 Å². The van der Waals surface area contributed by atoms with Crippen LogP contribution in [-0.4, -0.2) is 22.9 Å². The lowest BCUT2D eigenvalue weighted by atomic mass is 10.0. The predicted molar refractivity (Wildman–Crippen MR) is 76.8 cm³/mol. The van der Waals surface area contributed by atoms with Gasteiger partial charge in [-0.25, -0.2) is 9.97 Å². The van der Waals surface area contributed by atoms with Crippen LogP contribution >= 0.6 is 0 Å². The third kappa shape index (κ3) is 3.88. The van der Waals surface area contributed by atoms with E-state index in [-0.39, 0.29) is 5.78 Å². The molecule has 0 aliphatic rings. The number of aryl methyl sites for hydroxylation is 2. The molecule has 2 aromatic rings. The van der Waals surface area contributed by atoms with Crippen LogP contribution in [0.1, 0.15) is 23.2 Å². The number of nitrogens with zero attached hydrogens (tertiary/aromatic N) is 2. The van der Waals surface area contributed by atoms with Gasteiger partial charge in [-0.3, -0.25) is 4.79 Å². The van der Waals surface area contributed by atoms with Gasteiger partial charge in [0.05, 0.1) is 12.8 Å². The lowest BCUT2D eigenvalue weighted by Gasteiger charge is -2.05. The molecule has 0 aliphatic carbocycles. The topological polar surface area (TPSA) is 52.1 Å². The van der Waals surface area contributed by atoms with Crippen LogP contribution in [0.3, 0.4) is 0 Å². The Bertz CT molecular complexity index is 597. The SMILES string of the molecule is COc1cc(CC(=O)CCc2ccccc2C)ncn1. The highest BCUT2D eigenvalue weighted by Gasteiger charge is 2.07. The standard InChI is InChI=1S/C16H18N2O2/c1-12-5-3-4-6-13(12)7-8-15(19)9-14-10-16(20-2)18-11-17-14/h3-6,10-11H,7-9H2,1-2H3. The van der Waals surface area contributed by atoms with E-state index in [4.69, 9.17) is 4.74 Å². The van der Waals surface area contributed by atoms with E-state index in [1.165, 1.54) is 17.5 Å². The maximum atomic E-state index is 12.0. The molecule has 1 heterocycles. The summed E-state index contributed by atoms with van der Waals surface area (Å²) in [4.78, 5) is 20.0. The average Bonchev–Trinajstić information content (AvgIpc) is 2.46. The Labute approximate surface area is 118 Å². The van der Waals surface area contributed by atoms with Gasteiger partial charge < -0.3 is 4.74 Å². The molecule has 0 unspecified atom stereocenters. The maximum absolute atomic E-state index is 12.0. The van der Waals surface area contributed by atoms with Gasteiger partial charge in [0, 0.05) is 18.9 Å². The van der Waals surface area contributed by atoms with Crippen molar-refractivity contribution >= 4 is 5.78 Å². The third-order valence-electron chi connectivity index (χ3n) is 3.22. The first-order valence-electron chi connectivity index (χ1n) is 6.60. The molecule has 0 N–H and O–H groups in total. The quantitative estimate of drug-likeness (QED) is 0.809. The Kier molecular flexibility index (Phi) is 4.82. The summed E-state index contributed by atoms with van der Waals surface area (Å²) in [5, 5.41) is 0. The molecule has 104 valence electrons. The summed E-state index contributed by atoms with van der Waals surface area (Å²) in [7, 11) is 1.55. The summed E-state index contributed by atoms with van der Waals surface area (Å²) in [6.45, 7) is 2.06. The fourth-order valence-electron chi connectivity index (χ4n) is 2.04. The van der Waals surface area contributed by atoms with E-state index in [2.05, 4.69) is 29.0 Å². The second-order valence-corrected chi connectivity index (χ2v) is 4.69. The minimum absolute atomic E-state index is 0.175. The monoisotopic (exact) mass is 270 g/mol. The lowest BCUT2D eigenvalue weighted by Crippen LogP contribution is -2.07. The number of ether oxygens (including phenoxy) is 1. The minimum atomic E-state index is 0.175. The van der Waals surface area contributed by atoms with Crippen molar-refractivity contribution in [3.63, 3.8) is 0 Å². The van der Waals surface area contributed by atoms with Crippen molar-refractivity contribution in [3.05, 3.63) is 53.5 Å². The van der Waals surface area contributed by atoms with E-state index in [1.54, 1.807) is 13.2 Å². The number of carbonyl (C=O) groups excluding carboxylic acids is 1. The molecule has 0 spiro atoms. The zero-order chi connectivity index (χ0) is 14.4. The summed E-state index contributed by atoms with van der Waals surface area (Å²) in [5.41, 5.74) is 3.15. The van der Waals surface area contributed by atoms with Crippen molar-refractivity contribution in [2.45, 2.75) is 26.2 Å². The highest BCUT2D eigenvalue weighted by atomic mass is 16.5. The Balaban J connectivity index is 1.91. The average molecular weight is 270 g/mol. The van der Waals surface area contributed by atoms with Crippen molar-refractivity contribution in [2.75, 3.05) is 7.11 Å². The molecule has 1 aromatic carbocycles. The molecule has 2 rings (SSSR count). The molecule has 0 aliphatic heterocycles. The van der Waals surface area contributed by atoms with Crippen LogP contribution in [0.15, 0.2) is 36.7 Å². The summed E-state index contributed by atoms with van der Waals surface area (Å²) in [5.74, 6) is 0.663. The normalized spacial score (nSPS) is 10.3. The van der Waals surface area contributed by atoms with Gasteiger partial charge in [0.25, 0.3) is 0 Å². The van der Waals surface area contributed by atoms with Crippen LogP contribution in [0.5, 0.6) is 5.88 Å². The molecule has 4 nitrogen and oxygen atoms in total. The van der Waals surface area contributed by atoms with Gasteiger partial charge in [-0.05, 0) is 24.5 Å². The van der Waals surface area contributed by atoms with E-state index in [0.29, 0.717) is 24.4 Å². The van der Waals surface area contributed by atoms with E-state index in [9.17, 15) is 4.79 Å². The van der Waals surface area contributed by atoms with Crippen LogP contribution in [-0.2, 0) is 17.6 Å². The fraction of sp³-hybridized carbons (Fsp3) is 0.312. The number of hydrogen-bond donors (Lipinski definition) is 0. The molecule has 0 amide bonds. The molecule has 0 bridgehead atoms. The predicted octanol–water partition coefficient (Wildman–Crippen LogP) is 2.54. The summed E-state index contributed by atoms with van der Waals surface area (Å²) in [6.07, 6.45) is 3.04. The second kappa shape index (κ2) is 6.80. The molecule has 1 aromatic heterocycles.